The third kappa shape index (κ3) is 2.23. The van der Waals surface area contributed by atoms with Crippen molar-refractivity contribution in [2.75, 3.05) is 6.54 Å². The molecule has 2 aliphatic rings. The summed E-state index contributed by atoms with van der Waals surface area (Å²) in [5, 5.41) is 3.68. The Hall–Kier alpha value is -1.12. The van der Waals surface area contributed by atoms with Crippen molar-refractivity contribution < 1.29 is 0 Å². The molecule has 0 amide bonds. The molecule has 2 heterocycles. The molecule has 2 nitrogen and oxygen atoms in total. The predicted molar refractivity (Wildman–Crippen MR) is 75.4 cm³/mol. The molecule has 1 N–H and O–H groups in total. The van der Waals surface area contributed by atoms with E-state index in [9.17, 15) is 0 Å². The SMILES string of the molecule is C=CC[C@@H]1NC[C@@H]2CC[C@H]1N2Cc1ccccc1. The van der Waals surface area contributed by atoms with E-state index in [2.05, 4.69) is 53.2 Å². The zero-order chi connectivity index (χ0) is 12.4. The monoisotopic (exact) mass is 242 g/mol. The Labute approximate surface area is 110 Å². The topological polar surface area (TPSA) is 15.3 Å². The summed E-state index contributed by atoms with van der Waals surface area (Å²) >= 11 is 0. The highest BCUT2D eigenvalue weighted by molar-refractivity contribution is 5.16. The second-order valence-electron chi connectivity index (χ2n) is 5.50. The van der Waals surface area contributed by atoms with E-state index in [0.717, 1.165) is 25.6 Å². The third-order valence-electron chi connectivity index (χ3n) is 4.40. The number of benzene rings is 1. The summed E-state index contributed by atoms with van der Waals surface area (Å²) in [5.41, 5.74) is 1.44. The summed E-state index contributed by atoms with van der Waals surface area (Å²) in [5.74, 6) is 0. The first kappa shape index (κ1) is 11.9. The summed E-state index contributed by atoms with van der Waals surface area (Å²) < 4.78 is 0. The van der Waals surface area contributed by atoms with E-state index in [4.69, 9.17) is 0 Å². The molecular formula is C16H22N2. The molecule has 1 aromatic rings. The van der Waals surface area contributed by atoms with Crippen LogP contribution in [0.3, 0.4) is 0 Å². The first-order valence-electron chi connectivity index (χ1n) is 7.02. The smallest absolute Gasteiger partial charge is 0.0259 e. The molecule has 2 heteroatoms. The van der Waals surface area contributed by atoms with Gasteiger partial charge in [0.15, 0.2) is 0 Å². The summed E-state index contributed by atoms with van der Waals surface area (Å²) in [6.45, 7) is 6.13. The summed E-state index contributed by atoms with van der Waals surface area (Å²) in [7, 11) is 0. The Morgan fingerprint density at radius 2 is 2.11 bits per heavy atom. The lowest BCUT2D eigenvalue weighted by molar-refractivity contribution is 0.109. The minimum absolute atomic E-state index is 0.602. The van der Waals surface area contributed by atoms with E-state index >= 15 is 0 Å². The third-order valence-corrected chi connectivity index (χ3v) is 4.40. The first-order valence-corrected chi connectivity index (χ1v) is 7.02. The molecule has 96 valence electrons. The normalized spacial score (nSPS) is 31.4. The molecule has 0 radical (unpaired) electrons. The molecule has 0 aliphatic carbocycles. The van der Waals surface area contributed by atoms with Gasteiger partial charge in [0.25, 0.3) is 0 Å². The van der Waals surface area contributed by atoms with Gasteiger partial charge in [-0.2, -0.15) is 0 Å². The molecule has 2 saturated heterocycles. The lowest BCUT2D eigenvalue weighted by Gasteiger charge is -2.40. The fourth-order valence-corrected chi connectivity index (χ4v) is 3.50. The Bertz CT molecular complexity index is 401. The quantitative estimate of drug-likeness (QED) is 0.816. The highest BCUT2D eigenvalue weighted by Crippen LogP contribution is 2.32. The molecule has 2 fully saturated rings. The van der Waals surface area contributed by atoms with E-state index in [1.807, 2.05) is 0 Å². The maximum atomic E-state index is 3.89. The van der Waals surface area contributed by atoms with Crippen LogP contribution < -0.4 is 5.32 Å². The van der Waals surface area contributed by atoms with Crippen molar-refractivity contribution in [3.8, 4) is 0 Å². The van der Waals surface area contributed by atoms with Crippen molar-refractivity contribution >= 4 is 0 Å². The van der Waals surface area contributed by atoms with E-state index in [-0.39, 0.29) is 0 Å². The lowest BCUT2D eigenvalue weighted by Crippen LogP contribution is -2.57. The van der Waals surface area contributed by atoms with Crippen LogP contribution in [-0.4, -0.2) is 29.6 Å². The average molecular weight is 242 g/mol. The maximum Gasteiger partial charge on any atom is 0.0259 e. The molecule has 0 saturated carbocycles. The Kier molecular flexibility index (Phi) is 3.48. The van der Waals surface area contributed by atoms with Crippen LogP contribution in [0.1, 0.15) is 24.8 Å². The van der Waals surface area contributed by atoms with Crippen molar-refractivity contribution in [3.63, 3.8) is 0 Å². The van der Waals surface area contributed by atoms with E-state index < -0.39 is 0 Å². The van der Waals surface area contributed by atoms with Crippen LogP contribution in [0.5, 0.6) is 0 Å². The van der Waals surface area contributed by atoms with Gasteiger partial charge in [0.05, 0.1) is 0 Å². The van der Waals surface area contributed by atoms with Crippen molar-refractivity contribution in [1.29, 1.82) is 0 Å². The average Bonchev–Trinajstić information content (AvgIpc) is 2.67. The summed E-state index contributed by atoms with van der Waals surface area (Å²) in [4.78, 5) is 2.71. The van der Waals surface area contributed by atoms with E-state index in [1.165, 1.54) is 18.4 Å². The number of piperazine rings is 1. The summed E-state index contributed by atoms with van der Waals surface area (Å²) in [6.07, 6.45) is 5.82. The molecule has 0 unspecified atom stereocenters. The van der Waals surface area contributed by atoms with E-state index in [0.29, 0.717) is 12.1 Å². The highest BCUT2D eigenvalue weighted by Gasteiger charge is 2.41. The first-order chi connectivity index (χ1) is 8.88. The Balaban J connectivity index is 1.73. The van der Waals surface area contributed by atoms with Crippen LogP contribution in [0.15, 0.2) is 43.0 Å². The molecule has 2 bridgehead atoms. The lowest BCUT2D eigenvalue weighted by atomic mass is 10.0. The Morgan fingerprint density at radius 1 is 1.28 bits per heavy atom. The molecule has 3 atom stereocenters. The van der Waals surface area contributed by atoms with Gasteiger partial charge in [-0.25, -0.2) is 0 Å². The van der Waals surface area contributed by atoms with Crippen LogP contribution in [-0.2, 0) is 6.54 Å². The Morgan fingerprint density at radius 3 is 2.89 bits per heavy atom. The van der Waals surface area contributed by atoms with Crippen molar-refractivity contribution in [1.82, 2.24) is 10.2 Å². The van der Waals surface area contributed by atoms with Gasteiger partial charge in [-0.3, -0.25) is 4.90 Å². The fraction of sp³-hybridized carbons (Fsp3) is 0.500. The van der Waals surface area contributed by atoms with Gasteiger partial charge in [-0.05, 0) is 24.8 Å². The van der Waals surface area contributed by atoms with Gasteiger partial charge in [-0.1, -0.05) is 36.4 Å². The molecule has 0 aromatic heterocycles. The molecule has 0 spiro atoms. The van der Waals surface area contributed by atoms with Gasteiger partial charge in [0, 0.05) is 31.2 Å². The standard InChI is InChI=1S/C16H22N2/c1-2-6-15-16-10-9-14(11-17-15)18(16)12-13-7-4-3-5-8-13/h2-5,7-8,14-17H,1,6,9-12H2/t14-,15-,16+/m0/s1. The second-order valence-corrected chi connectivity index (χ2v) is 5.50. The van der Waals surface area contributed by atoms with Crippen LogP contribution >= 0.6 is 0 Å². The van der Waals surface area contributed by atoms with Gasteiger partial charge in [0.2, 0.25) is 0 Å². The number of hydrogen-bond donors (Lipinski definition) is 1. The zero-order valence-electron chi connectivity index (χ0n) is 10.9. The van der Waals surface area contributed by atoms with Gasteiger partial charge in [0.1, 0.15) is 0 Å². The molecule has 3 rings (SSSR count). The largest absolute Gasteiger partial charge is 0.311 e. The van der Waals surface area contributed by atoms with Crippen molar-refractivity contribution in [2.24, 2.45) is 0 Å². The van der Waals surface area contributed by atoms with Crippen LogP contribution in [0, 0.1) is 0 Å². The van der Waals surface area contributed by atoms with Crippen LogP contribution in [0.2, 0.25) is 0 Å². The van der Waals surface area contributed by atoms with E-state index in [1.54, 1.807) is 0 Å². The maximum absolute atomic E-state index is 3.89. The fourth-order valence-electron chi connectivity index (χ4n) is 3.50. The molecule has 18 heavy (non-hydrogen) atoms. The van der Waals surface area contributed by atoms with Gasteiger partial charge in [-0.15, -0.1) is 6.58 Å². The minimum Gasteiger partial charge on any atom is -0.311 e. The number of fused-ring (bicyclic) bond motifs is 2. The minimum atomic E-state index is 0.602. The van der Waals surface area contributed by atoms with Crippen molar-refractivity contribution in [3.05, 3.63) is 48.6 Å². The number of nitrogens with one attached hydrogen (secondary N) is 1. The van der Waals surface area contributed by atoms with Crippen LogP contribution in [0.4, 0.5) is 0 Å². The molecule has 1 aromatic carbocycles. The van der Waals surface area contributed by atoms with Crippen LogP contribution in [0.25, 0.3) is 0 Å². The number of nitrogens with zero attached hydrogens (tertiary/aromatic N) is 1. The number of hydrogen-bond acceptors (Lipinski definition) is 2. The van der Waals surface area contributed by atoms with Gasteiger partial charge < -0.3 is 5.32 Å². The predicted octanol–water partition coefficient (Wildman–Crippen LogP) is 2.57. The van der Waals surface area contributed by atoms with Crippen molar-refractivity contribution in [2.45, 2.75) is 43.9 Å². The summed E-state index contributed by atoms with van der Waals surface area (Å²) in [6, 6.07) is 12.9. The zero-order valence-corrected chi connectivity index (χ0v) is 10.9. The molecular weight excluding hydrogens is 220 g/mol. The molecule has 2 aliphatic heterocycles. The second kappa shape index (κ2) is 5.25. The van der Waals surface area contributed by atoms with Gasteiger partial charge >= 0.3 is 0 Å². The number of rotatable bonds is 4. The highest BCUT2D eigenvalue weighted by atomic mass is 15.3.